The molecule has 5 nitrogen and oxygen atoms in total. The highest BCUT2D eigenvalue weighted by Crippen LogP contribution is 2.23. The van der Waals surface area contributed by atoms with Gasteiger partial charge in [0.05, 0.1) is 17.0 Å². The summed E-state index contributed by atoms with van der Waals surface area (Å²) in [6.07, 6.45) is 3.29. The second kappa shape index (κ2) is 6.70. The molecule has 0 radical (unpaired) electrons. The largest absolute Gasteiger partial charge is 0.481 e. The molecule has 2 N–H and O–H groups in total. The molecule has 0 aliphatic carbocycles. The van der Waals surface area contributed by atoms with Crippen molar-refractivity contribution < 1.29 is 14.7 Å². The highest BCUT2D eigenvalue weighted by Gasteiger charge is 2.23. The number of rotatable bonds is 5. The lowest BCUT2D eigenvalue weighted by Gasteiger charge is -2.26. The van der Waals surface area contributed by atoms with E-state index >= 15 is 0 Å². The minimum Gasteiger partial charge on any atom is -0.481 e. The van der Waals surface area contributed by atoms with Crippen molar-refractivity contribution >= 4 is 23.5 Å². The van der Waals surface area contributed by atoms with E-state index in [1.165, 1.54) is 18.5 Å². The molecule has 0 saturated heterocycles. The van der Waals surface area contributed by atoms with Crippen molar-refractivity contribution in [2.45, 2.75) is 39.7 Å². The zero-order valence-corrected chi connectivity index (χ0v) is 12.6. The molecule has 0 saturated carbocycles. The Kier molecular flexibility index (Phi) is 5.51. The average Bonchev–Trinajstić information content (AvgIpc) is 2.25. The topological polar surface area (TPSA) is 79.3 Å². The van der Waals surface area contributed by atoms with E-state index in [4.69, 9.17) is 16.7 Å². The Balaban J connectivity index is 2.81. The fourth-order valence-electron chi connectivity index (χ4n) is 1.95. The van der Waals surface area contributed by atoms with Crippen molar-refractivity contribution in [2.75, 3.05) is 0 Å². The van der Waals surface area contributed by atoms with Crippen molar-refractivity contribution in [3.63, 3.8) is 0 Å². The van der Waals surface area contributed by atoms with Crippen LogP contribution < -0.4 is 5.32 Å². The number of nitrogens with one attached hydrogen (secondary N) is 1. The molecule has 1 heterocycles. The zero-order valence-electron chi connectivity index (χ0n) is 11.8. The van der Waals surface area contributed by atoms with Crippen molar-refractivity contribution in [1.82, 2.24) is 10.3 Å². The monoisotopic (exact) mass is 298 g/mol. The van der Waals surface area contributed by atoms with Crippen molar-refractivity contribution in [2.24, 2.45) is 5.41 Å². The first-order valence-corrected chi connectivity index (χ1v) is 6.69. The molecule has 0 aliphatic heterocycles. The third-order valence-electron chi connectivity index (χ3n) is 2.63. The van der Waals surface area contributed by atoms with Gasteiger partial charge in [-0.15, -0.1) is 0 Å². The predicted molar refractivity (Wildman–Crippen MR) is 76.8 cm³/mol. The van der Waals surface area contributed by atoms with Gasteiger partial charge in [0.25, 0.3) is 5.91 Å². The Morgan fingerprint density at radius 1 is 1.45 bits per heavy atom. The first kappa shape index (κ1) is 16.4. The number of carbonyl (C=O) groups excluding carboxylic acids is 1. The molecule has 1 aromatic heterocycles. The van der Waals surface area contributed by atoms with Crippen LogP contribution in [0.2, 0.25) is 5.02 Å². The van der Waals surface area contributed by atoms with Gasteiger partial charge in [-0.05, 0) is 17.9 Å². The van der Waals surface area contributed by atoms with Gasteiger partial charge in [0.15, 0.2) is 0 Å². The van der Waals surface area contributed by atoms with E-state index in [0.717, 1.165) is 0 Å². The van der Waals surface area contributed by atoms with Crippen LogP contribution in [0.15, 0.2) is 18.5 Å². The molecule has 0 spiro atoms. The van der Waals surface area contributed by atoms with Crippen LogP contribution >= 0.6 is 11.6 Å². The van der Waals surface area contributed by atoms with Gasteiger partial charge in [0, 0.05) is 18.4 Å². The number of hydrogen-bond donors (Lipinski definition) is 2. The Morgan fingerprint density at radius 2 is 2.10 bits per heavy atom. The van der Waals surface area contributed by atoms with Crippen LogP contribution in [0.25, 0.3) is 0 Å². The number of hydrogen-bond acceptors (Lipinski definition) is 3. The molecule has 6 heteroatoms. The summed E-state index contributed by atoms with van der Waals surface area (Å²) in [5.74, 6) is -1.33. The molecule has 0 fully saturated rings. The first-order chi connectivity index (χ1) is 9.19. The Morgan fingerprint density at radius 3 is 2.60 bits per heavy atom. The Hall–Kier alpha value is -1.62. The maximum absolute atomic E-state index is 12.1. The number of nitrogens with zero attached hydrogens (tertiary/aromatic N) is 1. The van der Waals surface area contributed by atoms with Gasteiger partial charge in [0.1, 0.15) is 0 Å². The molecule has 0 aliphatic rings. The van der Waals surface area contributed by atoms with Gasteiger partial charge in [-0.2, -0.15) is 0 Å². The maximum Gasteiger partial charge on any atom is 0.305 e. The molecule has 0 bridgehead atoms. The maximum atomic E-state index is 12.1. The summed E-state index contributed by atoms with van der Waals surface area (Å²) in [5.41, 5.74) is 0.209. The molecule has 0 aromatic carbocycles. The fraction of sp³-hybridized carbons (Fsp3) is 0.500. The van der Waals surface area contributed by atoms with Crippen LogP contribution in [0, 0.1) is 5.41 Å². The van der Waals surface area contributed by atoms with Crippen molar-refractivity contribution in [3.8, 4) is 0 Å². The minimum atomic E-state index is -0.944. The molecular formula is C14H19ClN2O3. The van der Waals surface area contributed by atoms with Gasteiger partial charge >= 0.3 is 5.97 Å². The summed E-state index contributed by atoms with van der Waals surface area (Å²) < 4.78 is 0. The third-order valence-corrected chi connectivity index (χ3v) is 2.93. The van der Waals surface area contributed by atoms with E-state index in [-0.39, 0.29) is 22.8 Å². The van der Waals surface area contributed by atoms with Crippen LogP contribution in [0.1, 0.15) is 44.0 Å². The second-order valence-corrected chi connectivity index (χ2v) is 6.30. The van der Waals surface area contributed by atoms with Gasteiger partial charge in [-0.3, -0.25) is 14.6 Å². The number of carbonyl (C=O) groups is 2. The lowest BCUT2D eigenvalue weighted by molar-refractivity contribution is -0.137. The quantitative estimate of drug-likeness (QED) is 0.876. The Labute approximate surface area is 123 Å². The highest BCUT2D eigenvalue weighted by molar-refractivity contribution is 6.33. The predicted octanol–water partition coefficient (Wildman–Crippen LogP) is 2.74. The van der Waals surface area contributed by atoms with Gasteiger partial charge in [-0.1, -0.05) is 32.4 Å². The molecular weight excluding hydrogens is 280 g/mol. The van der Waals surface area contributed by atoms with Crippen molar-refractivity contribution in [3.05, 3.63) is 29.0 Å². The lowest BCUT2D eigenvalue weighted by atomic mass is 9.87. The molecule has 20 heavy (non-hydrogen) atoms. The number of amides is 1. The van der Waals surface area contributed by atoms with Crippen LogP contribution in [-0.2, 0) is 4.79 Å². The Bertz CT molecular complexity index is 497. The normalized spacial score (nSPS) is 12.8. The third kappa shape index (κ3) is 5.57. The van der Waals surface area contributed by atoms with E-state index in [2.05, 4.69) is 10.3 Å². The highest BCUT2D eigenvalue weighted by atomic mass is 35.5. The average molecular weight is 299 g/mol. The van der Waals surface area contributed by atoms with E-state index in [1.54, 1.807) is 0 Å². The van der Waals surface area contributed by atoms with Crippen LogP contribution in [0.3, 0.4) is 0 Å². The summed E-state index contributed by atoms with van der Waals surface area (Å²) in [5, 5.41) is 11.9. The van der Waals surface area contributed by atoms with E-state index in [1.807, 2.05) is 20.8 Å². The minimum absolute atomic E-state index is 0.0879. The molecule has 1 unspecified atom stereocenters. The number of carboxylic acids is 1. The summed E-state index contributed by atoms with van der Waals surface area (Å²) in [6, 6.07) is 1.07. The van der Waals surface area contributed by atoms with Crippen LogP contribution in [-0.4, -0.2) is 28.0 Å². The molecule has 1 aromatic rings. The lowest BCUT2D eigenvalue weighted by Crippen LogP contribution is -2.39. The smallest absolute Gasteiger partial charge is 0.305 e. The van der Waals surface area contributed by atoms with Gasteiger partial charge in [-0.25, -0.2) is 0 Å². The molecule has 110 valence electrons. The van der Waals surface area contributed by atoms with Crippen molar-refractivity contribution in [1.29, 1.82) is 0 Å². The SMILES string of the molecule is CC(C)(C)CC(CC(=O)O)NC(=O)c1ccncc1Cl. The number of pyridine rings is 1. The zero-order chi connectivity index (χ0) is 15.3. The van der Waals surface area contributed by atoms with Gasteiger partial charge in [0.2, 0.25) is 0 Å². The van der Waals surface area contributed by atoms with Crippen LogP contribution in [0.4, 0.5) is 0 Å². The number of halogens is 1. The molecule has 1 rings (SSSR count). The fourth-order valence-corrected chi connectivity index (χ4v) is 2.15. The van der Waals surface area contributed by atoms with E-state index in [0.29, 0.717) is 12.0 Å². The van der Waals surface area contributed by atoms with Crippen LogP contribution in [0.5, 0.6) is 0 Å². The summed E-state index contributed by atoms with van der Waals surface area (Å²) >= 11 is 5.90. The van der Waals surface area contributed by atoms with E-state index in [9.17, 15) is 9.59 Å². The number of carboxylic acid groups (broad SMARTS) is 1. The first-order valence-electron chi connectivity index (χ1n) is 6.31. The second-order valence-electron chi connectivity index (χ2n) is 5.89. The van der Waals surface area contributed by atoms with Gasteiger partial charge < -0.3 is 10.4 Å². The summed E-state index contributed by atoms with van der Waals surface area (Å²) in [4.78, 5) is 26.8. The number of aliphatic carboxylic acids is 1. The molecule has 1 atom stereocenters. The standard InChI is InChI=1S/C14H19ClN2O3/c1-14(2,3)7-9(6-12(18)19)17-13(20)10-4-5-16-8-11(10)15/h4-5,8-9H,6-7H2,1-3H3,(H,17,20)(H,18,19). The summed E-state index contributed by atoms with van der Waals surface area (Å²) in [6.45, 7) is 5.98. The number of aromatic nitrogens is 1. The van der Waals surface area contributed by atoms with E-state index < -0.39 is 12.0 Å². The summed E-state index contributed by atoms with van der Waals surface area (Å²) in [7, 11) is 0. The molecule has 1 amide bonds.